The third-order valence-corrected chi connectivity index (χ3v) is 1.15. The van der Waals surface area contributed by atoms with Crippen LogP contribution in [0, 0.1) is 0 Å². The molecule has 0 atom stereocenters. The Morgan fingerprint density at radius 1 is 0.677 bits per heavy atom. The zero-order valence-electron chi connectivity index (χ0n) is 17.6. The maximum atomic E-state index is 10.3. The number of nitrogens with two attached hydrogens (primary N) is 6. The number of primary amides is 4. The van der Waals surface area contributed by atoms with E-state index in [4.69, 9.17) is 34.1 Å². The standard InChI is InChI=1S/C4H9BN2O.2C2H5BN2O.C2H7N.CH4BN.CH4N2O.CH4/c1-2-6-4(8)7-3-5;2*3-1-5-2(4)6;1-2-3;2-1-3;2-1(3)4;/h2-3H2,1H3,(H2,6,7,8);2*1H2,(H3,4,5,6);2-3H2,1H3;1,3H2;(H4,2,3,4);1H4. The van der Waals surface area contributed by atoms with Gasteiger partial charge >= 0.3 is 24.1 Å². The average molecular weight is 442 g/mol. The zero-order valence-corrected chi connectivity index (χ0v) is 17.6. The zero-order chi connectivity index (χ0) is 25.4. The molecule has 14 nitrogen and oxygen atoms in total. The quantitative estimate of drug-likeness (QED) is 0.192. The smallest absolute Gasteiger partial charge is 0.314 e. The fourth-order valence-corrected chi connectivity index (χ4v) is 0.517. The molecule has 8 radical (unpaired) electrons. The van der Waals surface area contributed by atoms with Crippen LogP contribution in [0.4, 0.5) is 19.2 Å². The van der Waals surface area contributed by atoms with Crippen molar-refractivity contribution in [1.82, 2.24) is 21.3 Å². The monoisotopic (exact) mass is 442 g/mol. The maximum absolute atomic E-state index is 10.3. The van der Waals surface area contributed by atoms with Gasteiger partial charge in [-0.3, -0.25) is 0 Å². The van der Waals surface area contributed by atoms with Crippen LogP contribution in [-0.4, -0.2) is 94.4 Å². The van der Waals surface area contributed by atoms with Crippen LogP contribution in [0.3, 0.4) is 0 Å². The highest BCUT2D eigenvalue weighted by atomic mass is 16.2. The molecule has 0 spiro atoms. The lowest BCUT2D eigenvalue weighted by molar-refractivity contribution is 0.242. The van der Waals surface area contributed by atoms with Crippen LogP contribution < -0.4 is 55.7 Å². The molecule has 176 valence electrons. The van der Waals surface area contributed by atoms with E-state index in [9.17, 15) is 14.4 Å². The van der Waals surface area contributed by atoms with E-state index in [1.54, 1.807) is 0 Å². The molecule has 0 rings (SSSR count). The van der Waals surface area contributed by atoms with Gasteiger partial charge in [-0.05, 0) is 39.2 Å². The summed E-state index contributed by atoms with van der Waals surface area (Å²) < 4.78 is 0. The minimum atomic E-state index is -0.833. The van der Waals surface area contributed by atoms with Crippen LogP contribution in [0.25, 0.3) is 0 Å². The van der Waals surface area contributed by atoms with E-state index in [2.05, 4.69) is 57.8 Å². The second-order valence-corrected chi connectivity index (χ2v) is 3.78. The highest BCUT2D eigenvalue weighted by Crippen LogP contribution is 1.58. The van der Waals surface area contributed by atoms with Gasteiger partial charge in [-0.15, -0.1) is 0 Å². The van der Waals surface area contributed by atoms with Crippen LogP contribution in [0.5, 0.6) is 0 Å². The van der Waals surface area contributed by atoms with Gasteiger partial charge in [-0.1, -0.05) is 14.4 Å². The Balaban J connectivity index is -0.0000000460. The van der Waals surface area contributed by atoms with Gasteiger partial charge in [0.05, 0.1) is 31.4 Å². The second kappa shape index (κ2) is 50.7. The number of rotatable bonds is 4. The van der Waals surface area contributed by atoms with Gasteiger partial charge in [-0.2, -0.15) is 0 Å². The van der Waals surface area contributed by atoms with Crippen LogP contribution >= 0.6 is 0 Å². The Morgan fingerprint density at radius 2 is 0.903 bits per heavy atom. The Bertz CT molecular complexity index is 356. The normalized spacial score (nSPS) is 6.84. The fraction of sp³-hybridized carbons (Fsp3) is 0.692. The number of urea groups is 4. The van der Waals surface area contributed by atoms with Crippen molar-refractivity contribution in [3.8, 4) is 0 Å². The predicted octanol–water partition coefficient (Wildman–Crippen LogP) is -4.31. The highest BCUT2D eigenvalue weighted by Gasteiger charge is 1.89. The van der Waals surface area contributed by atoms with E-state index in [1.165, 1.54) is 0 Å². The lowest BCUT2D eigenvalue weighted by Gasteiger charge is -2.00. The summed E-state index contributed by atoms with van der Waals surface area (Å²) in [4.78, 5) is 38.6. The molecule has 0 bridgehead atoms. The fourth-order valence-electron chi connectivity index (χ4n) is 0.517. The van der Waals surface area contributed by atoms with Crippen molar-refractivity contribution in [3.05, 3.63) is 0 Å². The number of carbonyl (C=O) groups excluding carboxylic acids is 4. The molecule has 0 unspecified atom stereocenters. The first kappa shape index (κ1) is 46.5. The van der Waals surface area contributed by atoms with Gasteiger partial charge in [0.15, 0.2) is 0 Å². The SMILES string of the molecule is C.CCN.NC(N)=O.[B]CN.[B]CNC(=O)NCC.[B]CNC(N)=O.[B]CNC(N)=O. The molecular weight excluding hydrogens is 403 g/mol. The predicted molar refractivity (Wildman–Crippen MR) is 130 cm³/mol. The first-order valence-electron chi connectivity index (χ1n) is 8.25. The summed E-state index contributed by atoms with van der Waals surface area (Å²) in [6, 6.07) is -2.22. The summed E-state index contributed by atoms with van der Waals surface area (Å²) in [5, 5.41) is 9.14. The van der Waals surface area contributed by atoms with Crippen molar-refractivity contribution in [2.75, 3.05) is 38.9 Å². The minimum Gasteiger partial charge on any atom is -0.352 e. The largest absolute Gasteiger partial charge is 0.352 e. The van der Waals surface area contributed by atoms with Crippen LogP contribution in [0.1, 0.15) is 21.3 Å². The lowest BCUT2D eigenvalue weighted by atomic mass is 10.2. The Morgan fingerprint density at radius 3 is 1.00 bits per heavy atom. The highest BCUT2D eigenvalue weighted by molar-refractivity contribution is 6.10. The van der Waals surface area contributed by atoms with Crippen molar-refractivity contribution < 1.29 is 19.2 Å². The number of nitrogens with one attached hydrogen (secondary N) is 4. The molecule has 0 saturated heterocycles. The summed E-state index contributed by atoms with van der Waals surface area (Å²) >= 11 is 0. The first-order chi connectivity index (χ1) is 13.9. The van der Waals surface area contributed by atoms with Gasteiger partial charge in [0.1, 0.15) is 0 Å². The number of amides is 8. The van der Waals surface area contributed by atoms with Crippen LogP contribution in [0.15, 0.2) is 0 Å². The Kier molecular flexibility index (Phi) is 76.0. The Labute approximate surface area is 191 Å². The molecule has 0 aliphatic carbocycles. The van der Waals surface area contributed by atoms with E-state index in [1.807, 2.05) is 13.8 Å². The van der Waals surface area contributed by atoms with E-state index in [-0.39, 0.29) is 39.2 Å². The molecule has 0 saturated carbocycles. The third-order valence-electron chi connectivity index (χ3n) is 1.15. The van der Waals surface area contributed by atoms with Crippen LogP contribution in [-0.2, 0) is 0 Å². The van der Waals surface area contributed by atoms with Crippen molar-refractivity contribution in [2.45, 2.75) is 21.3 Å². The molecule has 0 aromatic carbocycles. The van der Waals surface area contributed by atoms with E-state index < -0.39 is 18.1 Å². The molecule has 0 fully saturated rings. The molecule has 18 heteroatoms. The van der Waals surface area contributed by atoms with Gasteiger partial charge in [0.2, 0.25) is 0 Å². The van der Waals surface area contributed by atoms with Crippen molar-refractivity contribution in [2.24, 2.45) is 34.4 Å². The number of hydrogen-bond donors (Lipinski definition) is 10. The lowest BCUT2D eigenvalue weighted by Crippen LogP contribution is -2.35. The Hall–Kier alpha value is -2.74. The number of hydrogen-bond acceptors (Lipinski definition) is 6. The third kappa shape index (κ3) is 203. The van der Waals surface area contributed by atoms with E-state index >= 15 is 0 Å². The first-order valence-corrected chi connectivity index (χ1v) is 8.25. The van der Waals surface area contributed by atoms with Gasteiger partial charge in [-0.25, -0.2) is 19.2 Å². The van der Waals surface area contributed by atoms with Crippen LogP contribution in [0.2, 0.25) is 0 Å². The van der Waals surface area contributed by atoms with E-state index in [0.717, 1.165) is 6.54 Å². The summed E-state index contributed by atoms with van der Waals surface area (Å²) in [5.74, 6) is 0. The molecule has 0 aliphatic heterocycles. The molecular formula is C13H38B4N10O4. The molecule has 0 aliphatic rings. The average Bonchev–Trinajstić information content (AvgIpc) is 2.57. The van der Waals surface area contributed by atoms with Gasteiger partial charge in [0.25, 0.3) is 0 Å². The summed E-state index contributed by atoms with van der Waals surface area (Å²) in [5.41, 5.74) is 27.1. The van der Waals surface area contributed by atoms with Crippen molar-refractivity contribution in [1.29, 1.82) is 0 Å². The van der Waals surface area contributed by atoms with Crippen molar-refractivity contribution in [3.63, 3.8) is 0 Å². The topological polar surface area (TPSA) is 273 Å². The maximum Gasteiger partial charge on any atom is 0.314 e. The molecule has 0 aromatic rings. The molecule has 16 N–H and O–H groups in total. The summed E-state index contributed by atoms with van der Waals surface area (Å²) in [6.45, 7) is 5.13. The van der Waals surface area contributed by atoms with Gasteiger partial charge in [0, 0.05) is 6.54 Å². The molecule has 0 aromatic heterocycles. The molecule has 31 heavy (non-hydrogen) atoms. The van der Waals surface area contributed by atoms with Crippen molar-refractivity contribution >= 4 is 55.5 Å². The van der Waals surface area contributed by atoms with Gasteiger partial charge < -0.3 is 55.7 Å². The molecule has 8 amide bonds. The summed E-state index contributed by atoms with van der Waals surface area (Å²) in [6.07, 6.45) is 0.649. The second-order valence-electron chi connectivity index (χ2n) is 3.78. The minimum absolute atomic E-state index is 0. The molecule has 0 heterocycles. The summed E-state index contributed by atoms with van der Waals surface area (Å²) in [7, 11) is 19.2. The van der Waals surface area contributed by atoms with E-state index in [0.29, 0.717) is 6.54 Å². The number of carbonyl (C=O) groups is 4.